The van der Waals surface area contributed by atoms with E-state index < -0.39 is 11.9 Å². The van der Waals surface area contributed by atoms with Crippen molar-refractivity contribution in [2.45, 2.75) is 20.4 Å². The van der Waals surface area contributed by atoms with Crippen LogP contribution in [0.5, 0.6) is 0 Å². The van der Waals surface area contributed by atoms with Crippen molar-refractivity contribution in [1.29, 1.82) is 0 Å². The molecule has 0 spiro atoms. The molecular weight excluding hydrogens is 238 g/mol. The molecule has 1 fully saturated rings. The third-order valence-electron chi connectivity index (χ3n) is 2.98. The lowest BCUT2D eigenvalue weighted by Gasteiger charge is -2.36. The zero-order valence-electron chi connectivity index (χ0n) is 10.3. The zero-order chi connectivity index (χ0) is 13.3. The van der Waals surface area contributed by atoms with E-state index in [1.54, 1.807) is 6.92 Å². The number of nitrogens with one attached hydrogen (secondary N) is 1. The van der Waals surface area contributed by atoms with Gasteiger partial charge in [-0.15, -0.1) is 0 Å². The molecule has 18 heavy (non-hydrogen) atoms. The van der Waals surface area contributed by atoms with E-state index in [0.29, 0.717) is 5.89 Å². The Morgan fingerprint density at radius 3 is 2.67 bits per heavy atom. The summed E-state index contributed by atoms with van der Waals surface area (Å²) in [5.41, 5.74) is 0.800. The topological polar surface area (TPSA) is 95.7 Å². The number of carbonyl (C=O) groups is 2. The average molecular weight is 253 g/mol. The van der Waals surface area contributed by atoms with Crippen molar-refractivity contribution in [2.24, 2.45) is 5.92 Å². The predicted molar refractivity (Wildman–Crippen MR) is 60.9 cm³/mol. The molecule has 1 aromatic heterocycles. The van der Waals surface area contributed by atoms with E-state index in [2.05, 4.69) is 10.3 Å². The van der Waals surface area contributed by atoms with Gasteiger partial charge in [-0.05, 0) is 13.8 Å². The Bertz CT molecular complexity index is 457. The van der Waals surface area contributed by atoms with E-state index in [4.69, 9.17) is 9.52 Å². The lowest BCUT2D eigenvalue weighted by molar-refractivity contribution is -0.146. The van der Waals surface area contributed by atoms with Gasteiger partial charge in [-0.2, -0.15) is 0 Å². The van der Waals surface area contributed by atoms with Crippen LogP contribution in [0.15, 0.2) is 4.42 Å². The number of hydrogen-bond donors (Lipinski definition) is 2. The molecule has 98 valence electrons. The van der Waals surface area contributed by atoms with Crippen LogP contribution in [-0.2, 0) is 11.3 Å². The Kier molecular flexibility index (Phi) is 3.22. The van der Waals surface area contributed by atoms with Crippen molar-refractivity contribution in [3.8, 4) is 0 Å². The lowest BCUT2D eigenvalue weighted by Crippen LogP contribution is -2.56. The first kappa shape index (κ1) is 12.4. The van der Waals surface area contributed by atoms with Gasteiger partial charge >= 0.3 is 12.0 Å². The molecule has 0 radical (unpaired) electrons. The van der Waals surface area contributed by atoms with Gasteiger partial charge in [-0.1, -0.05) is 0 Å². The highest BCUT2D eigenvalue weighted by Crippen LogP contribution is 2.15. The minimum atomic E-state index is -0.863. The fraction of sp³-hybridized carbons (Fsp3) is 0.545. The van der Waals surface area contributed by atoms with Crippen molar-refractivity contribution in [3.63, 3.8) is 0 Å². The molecule has 0 bridgehead atoms. The second-order valence-corrected chi connectivity index (χ2v) is 4.35. The van der Waals surface area contributed by atoms with Gasteiger partial charge in [0.2, 0.25) is 5.89 Å². The van der Waals surface area contributed by atoms with Crippen LogP contribution in [-0.4, -0.2) is 40.1 Å². The number of amides is 2. The van der Waals surface area contributed by atoms with Gasteiger partial charge in [0.1, 0.15) is 5.76 Å². The predicted octanol–water partition coefficient (Wildman–Crippen LogP) is 0.517. The number of nitrogens with zero attached hydrogens (tertiary/aromatic N) is 2. The van der Waals surface area contributed by atoms with Gasteiger partial charge in [-0.25, -0.2) is 9.78 Å². The summed E-state index contributed by atoms with van der Waals surface area (Å²) in [5, 5.41) is 11.3. The number of hydrogen-bond acceptors (Lipinski definition) is 4. The standard InChI is InChI=1S/C11H15N3O4/c1-6-7(2)18-9(13-6)3-12-11(17)14-4-8(5-14)10(15)16/h8H,3-5H2,1-2H3,(H,12,17)(H,15,16). The van der Waals surface area contributed by atoms with Crippen molar-refractivity contribution in [2.75, 3.05) is 13.1 Å². The summed E-state index contributed by atoms with van der Waals surface area (Å²) in [6, 6.07) is -0.291. The summed E-state index contributed by atoms with van der Waals surface area (Å²) in [4.78, 5) is 27.8. The first-order valence-corrected chi connectivity index (χ1v) is 5.66. The number of likely N-dealkylation sites (tertiary alicyclic amines) is 1. The van der Waals surface area contributed by atoms with E-state index in [1.807, 2.05) is 6.92 Å². The van der Waals surface area contributed by atoms with Crippen LogP contribution in [0.1, 0.15) is 17.3 Å². The van der Waals surface area contributed by atoms with E-state index >= 15 is 0 Å². The van der Waals surface area contributed by atoms with Crippen LogP contribution in [0, 0.1) is 19.8 Å². The van der Waals surface area contributed by atoms with Gasteiger partial charge in [0, 0.05) is 13.1 Å². The first-order valence-electron chi connectivity index (χ1n) is 5.66. The van der Waals surface area contributed by atoms with Gasteiger partial charge in [0.25, 0.3) is 0 Å². The van der Waals surface area contributed by atoms with Gasteiger partial charge in [0.15, 0.2) is 0 Å². The van der Waals surface area contributed by atoms with Crippen LogP contribution < -0.4 is 5.32 Å². The number of oxazole rings is 1. The van der Waals surface area contributed by atoms with Crippen molar-refractivity contribution in [3.05, 3.63) is 17.3 Å². The van der Waals surface area contributed by atoms with Crippen molar-refractivity contribution >= 4 is 12.0 Å². The highest BCUT2D eigenvalue weighted by Gasteiger charge is 2.35. The number of aromatic nitrogens is 1. The molecule has 2 N–H and O–H groups in total. The number of carboxylic acids is 1. The maximum atomic E-state index is 11.6. The van der Waals surface area contributed by atoms with Gasteiger partial charge < -0.3 is 19.7 Å². The number of aliphatic carboxylic acids is 1. The number of aryl methyl sites for hydroxylation is 2. The molecule has 1 aliphatic heterocycles. The molecule has 2 rings (SSSR count). The van der Waals surface area contributed by atoms with Crippen LogP contribution >= 0.6 is 0 Å². The number of rotatable bonds is 3. The Balaban J connectivity index is 1.78. The highest BCUT2D eigenvalue weighted by molar-refractivity contribution is 5.79. The Hall–Kier alpha value is -2.05. The summed E-state index contributed by atoms with van der Waals surface area (Å²) in [7, 11) is 0. The summed E-state index contributed by atoms with van der Waals surface area (Å²) in [6.45, 7) is 4.36. The Morgan fingerprint density at radius 2 is 2.17 bits per heavy atom. The van der Waals surface area contributed by atoms with Crippen LogP contribution in [0.25, 0.3) is 0 Å². The minimum Gasteiger partial charge on any atom is -0.481 e. The molecule has 0 saturated carbocycles. The highest BCUT2D eigenvalue weighted by atomic mass is 16.4. The second kappa shape index (κ2) is 4.67. The maximum Gasteiger partial charge on any atom is 0.317 e. The summed E-state index contributed by atoms with van der Waals surface area (Å²) >= 11 is 0. The Labute approximate surface area is 104 Å². The SMILES string of the molecule is Cc1nc(CNC(=O)N2CC(C(=O)O)C2)oc1C. The van der Waals surface area contributed by atoms with E-state index in [1.165, 1.54) is 4.90 Å². The fourth-order valence-electron chi connectivity index (χ4n) is 1.68. The second-order valence-electron chi connectivity index (χ2n) is 4.35. The zero-order valence-corrected chi connectivity index (χ0v) is 10.3. The monoisotopic (exact) mass is 253 g/mol. The van der Waals surface area contributed by atoms with Crippen molar-refractivity contribution < 1.29 is 19.1 Å². The lowest BCUT2D eigenvalue weighted by atomic mass is 10.0. The molecule has 2 amide bonds. The van der Waals surface area contributed by atoms with E-state index in [9.17, 15) is 9.59 Å². The quantitative estimate of drug-likeness (QED) is 0.818. The molecular formula is C11H15N3O4. The molecule has 0 aromatic carbocycles. The number of carboxylic acid groups (broad SMARTS) is 1. The molecule has 1 aromatic rings. The number of urea groups is 1. The summed E-state index contributed by atoms with van der Waals surface area (Å²) < 4.78 is 5.32. The molecule has 0 unspecified atom stereocenters. The molecule has 1 aliphatic rings. The van der Waals surface area contributed by atoms with E-state index in [-0.39, 0.29) is 25.7 Å². The number of carbonyl (C=O) groups excluding carboxylic acids is 1. The molecule has 0 aliphatic carbocycles. The van der Waals surface area contributed by atoms with E-state index in [0.717, 1.165) is 11.5 Å². The van der Waals surface area contributed by atoms with Crippen molar-refractivity contribution in [1.82, 2.24) is 15.2 Å². The normalized spacial score (nSPS) is 15.3. The molecule has 1 saturated heterocycles. The third-order valence-corrected chi connectivity index (χ3v) is 2.98. The van der Waals surface area contributed by atoms with Crippen LogP contribution in [0.3, 0.4) is 0 Å². The van der Waals surface area contributed by atoms with Gasteiger partial charge in [0.05, 0.1) is 18.2 Å². The summed E-state index contributed by atoms with van der Waals surface area (Å²) in [5.74, 6) is -0.122. The Morgan fingerprint density at radius 1 is 1.50 bits per heavy atom. The first-order chi connectivity index (χ1) is 8.47. The average Bonchev–Trinajstić information content (AvgIpc) is 2.53. The summed E-state index contributed by atoms with van der Waals surface area (Å²) in [6.07, 6.45) is 0. The largest absolute Gasteiger partial charge is 0.481 e. The van der Waals surface area contributed by atoms with Crippen LogP contribution in [0.4, 0.5) is 4.79 Å². The maximum absolute atomic E-state index is 11.6. The molecule has 2 heterocycles. The van der Waals surface area contributed by atoms with Gasteiger partial charge in [-0.3, -0.25) is 4.79 Å². The molecule has 7 nitrogen and oxygen atoms in total. The minimum absolute atomic E-state index is 0.210. The molecule has 0 atom stereocenters. The molecule has 7 heteroatoms. The van der Waals surface area contributed by atoms with Crippen LogP contribution in [0.2, 0.25) is 0 Å². The third kappa shape index (κ3) is 2.44. The smallest absolute Gasteiger partial charge is 0.317 e. The fourth-order valence-corrected chi connectivity index (χ4v) is 1.68.